The van der Waals surface area contributed by atoms with Crippen LogP contribution in [-0.2, 0) is 6.42 Å². The summed E-state index contributed by atoms with van der Waals surface area (Å²) in [4.78, 5) is 20.7. The van der Waals surface area contributed by atoms with Crippen molar-refractivity contribution in [3.8, 4) is 11.3 Å². The minimum absolute atomic E-state index is 0.0438. The number of carbonyl (C=O) groups excluding carboxylic acids is 1. The first-order chi connectivity index (χ1) is 13.8. The van der Waals surface area contributed by atoms with Gasteiger partial charge in [0.05, 0.1) is 12.2 Å². The number of amides is 1. The molecule has 4 nitrogen and oxygen atoms in total. The molecule has 2 aromatic carbocycles. The number of aromatic nitrogens is 1. The molecule has 0 saturated carbocycles. The lowest BCUT2D eigenvalue weighted by Gasteiger charge is -2.36. The normalized spacial score (nSPS) is 16.0. The Morgan fingerprint density at radius 1 is 1.07 bits per heavy atom. The molecule has 4 aromatic rings. The van der Waals surface area contributed by atoms with Crippen molar-refractivity contribution in [1.82, 2.24) is 9.88 Å². The zero-order valence-corrected chi connectivity index (χ0v) is 15.9. The van der Waals surface area contributed by atoms with Gasteiger partial charge in [-0.2, -0.15) is 0 Å². The van der Waals surface area contributed by atoms with E-state index in [0.717, 1.165) is 24.1 Å². The summed E-state index contributed by atoms with van der Waals surface area (Å²) in [5, 5.41) is 2.13. The Labute approximate surface area is 167 Å². The molecule has 0 fully saturated rings. The fourth-order valence-corrected chi connectivity index (χ4v) is 4.74. The quantitative estimate of drug-likeness (QED) is 0.487. The van der Waals surface area contributed by atoms with E-state index in [0.29, 0.717) is 11.3 Å². The summed E-state index contributed by atoms with van der Waals surface area (Å²) in [5.74, 6) is 0.747. The molecule has 0 spiro atoms. The second kappa shape index (κ2) is 7.09. The first kappa shape index (κ1) is 17.0. The maximum absolute atomic E-state index is 13.4. The number of fused-ring (bicyclic) bond motifs is 1. The van der Waals surface area contributed by atoms with Crippen molar-refractivity contribution in [1.29, 1.82) is 0 Å². The van der Waals surface area contributed by atoms with E-state index in [1.807, 2.05) is 47.4 Å². The Kier molecular flexibility index (Phi) is 4.29. The number of nitrogens with zero attached hydrogens (tertiary/aromatic N) is 2. The van der Waals surface area contributed by atoms with Gasteiger partial charge in [0.25, 0.3) is 5.91 Å². The van der Waals surface area contributed by atoms with Gasteiger partial charge in [0, 0.05) is 22.5 Å². The van der Waals surface area contributed by atoms with E-state index in [1.165, 1.54) is 16.8 Å². The van der Waals surface area contributed by atoms with Crippen LogP contribution in [0.4, 0.5) is 0 Å². The van der Waals surface area contributed by atoms with Gasteiger partial charge in [0.1, 0.15) is 0 Å². The van der Waals surface area contributed by atoms with Crippen LogP contribution in [0.25, 0.3) is 11.3 Å². The average Bonchev–Trinajstić information content (AvgIpc) is 3.45. The fraction of sp³-hybridized carbons (Fsp3) is 0.130. The summed E-state index contributed by atoms with van der Waals surface area (Å²) in [6.45, 7) is 0.718. The zero-order valence-electron chi connectivity index (χ0n) is 15.1. The van der Waals surface area contributed by atoms with Crippen LogP contribution in [0.3, 0.4) is 0 Å². The average molecular weight is 386 g/mol. The smallest absolute Gasteiger partial charge is 0.254 e. The monoisotopic (exact) mass is 386 g/mol. The Morgan fingerprint density at radius 2 is 1.89 bits per heavy atom. The van der Waals surface area contributed by atoms with Crippen LogP contribution in [0.5, 0.6) is 0 Å². The Morgan fingerprint density at radius 3 is 2.64 bits per heavy atom. The van der Waals surface area contributed by atoms with Crippen LogP contribution in [-0.4, -0.2) is 22.3 Å². The van der Waals surface area contributed by atoms with Crippen molar-refractivity contribution in [3.63, 3.8) is 0 Å². The number of oxazole rings is 1. The van der Waals surface area contributed by atoms with Gasteiger partial charge in [-0.3, -0.25) is 4.79 Å². The van der Waals surface area contributed by atoms with E-state index in [1.54, 1.807) is 17.5 Å². The predicted molar refractivity (Wildman–Crippen MR) is 109 cm³/mol. The van der Waals surface area contributed by atoms with Gasteiger partial charge in [-0.15, -0.1) is 11.3 Å². The van der Waals surface area contributed by atoms with Crippen molar-refractivity contribution in [3.05, 3.63) is 100 Å². The van der Waals surface area contributed by atoms with Gasteiger partial charge in [-0.1, -0.05) is 42.5 Å². The third-order valence-electron chi connectivity index (χ3n) is 5.19. The first-order valence-electron chi connectivity index (χ1n) is 9.22. The maximum Gasteiger partial charge on any atom is 0.254 e. The van der Waals surface area contributed by atoms with Crippen molar-refractivity contribution in [2.45, 2.75) is 12.5 Å². The minimum atomic E-state index is -0.0438. The van der Waals surface area contributed by atoms with Crippen molar-refractivity contribution in [2.75, 3.05) is 6.54 Å². The van der Waals surface area contributed by atoms with Crippen LogP contribution in [0, 0.1) is 0 Å². The highest BCUT2D eigenvalue weighted by Gasteiger charge is 2.33. The maximum atomic E-state index is 13.4. The third kappa shape index (κ3) is 2.94. The molecule has 0 N–H and O–H groups in total. The topological polar surface area (TPSA) is 46.3 Å². The second-order valence-corrected chi connectivity index (χ2v) is 7.80. The zero-order chi connectivity index (χ0) is 18.9. The van der Waals surface area contributed by atoms with E-state index >= 15 is 0 Å². The van der Waals surface area contributed by atoms with Crippen LogP contribution < -0.4 is 0 Å². The molecule has 138 valence electrons. The molecular weight excluding hydrogens is 368 g/mol. The molecule has 1 unspecified atom stereocenters. The molecule has 0 bridgehead atoms. The molecule has 2 aromatic heterocycles. The van der Waals surface area contributed by atoms with Gasteiger partial charge < -0.3 is 9.32 Å². The van der Waals surface area contributed by atoms with E-state index in [9.17, 15) is 4.79 Å². The molecule has 1 aliphatic rings. The second-order valence-electron chi connectivity index (χ2n) is 6.80. The Hall–Kier alpha value is -3.18. The molecule has 5 rings (SSSR count). The molecule has 28 heavy (non-hydrogen) atoms. The summed E-state index contributed by atoms with van der Waals surface area (Å²) in [7, 11) is 0. The lowest BCUT2D eigenvalue weighted by Crippen LogP contribution is -2.40. The summed E-state index contributed by atoms with van der Waals surface area (Å²) in [6, 6.07) is 19.9. The number of benzene rings is 2. The number of thiophene rings is 1. The molecule has 3 heterocycles. The Bertz CT molecular complexity index is 1090. The van der Waals surface area contributed by atoms with Gasteiger partial charge in [0.2, 0.25) is 0 Å². The summed E-state index contributed by atoms with van der Waals surface area (Å²) in [5.41, 5.74) is 3.98. The number of hydrogen-bond donors (Lipinski definition) is 0. The highest BCUT2D eigenvalue weighted by atomic mass is 32.1. The van der Waals surface area contributed by atoms with Crippen molar-refractivity contribution in [2.24, 2.45) is 0 Å². The Balaban J connectivity index is 1.49. The van der Waals surface area contributed by atoms with Gasteiger partial charge in [0.15, 0.2) is 12.2 Å². The highest BCUT2D eigenvalue weighted by Crippen LogP contribution is 2.38. The molecule has 1 atom stereocenters. The molecule has 1 aliphatic heterocycles. The molecule has 0 aliphatic carbocycles. The highest BCUT2D eigenvalue weighted by molar-refractivity contribution is 7.10. The lowest BCUT2D eigenvalue weighted by atomic mass is 9.92. The van der Waals surface area contributed by atoms with Crippen molar-refractivity contribution >= 4 is 17.2 Å². The SMILES string of the molecule is O=C(c1ccc(-c2cnco2)cc1)N1CCc2sccc2C1c1ccccc1. The summed E-state index contributed by atoms with van der Waals surface area (Å²) < 4.78 is 5.34. The van der Waals surface area contributed by atoms with Crippen molar-refractivity contribution < 1.29 is 9.21 Å². The van der Waals surface area contributed by atoms with Crippen LogP contribution >= 0.6 is 11.3 Å². The summed E-state index contributed by atoms with van der Waals surface area (Å²) in [6.07, 6.45) is 3.98. The molecular formula is C23H18N2O2S. The standard InChI is InChI=1S/C23H18N2O2S/c26-23(18-8-6-16(7-9-18)20-14-24-15-27-20)25-12-10-21-19(11-13-28-21)22(25)17-4-2-1-3-5-17/h1-9,11,13-15,22H,10,12H2. The van der Waals surface area contributed by atoms with Crippen LogP contribution in [0.2, 0.25) is 0 Å². The summed E-state index contributed by atoms with van der Waals surface area (Å²) >= 11 is 1.78. The van der Waals surface area contributed by atoms with Gasteiger partial charge in [-0.05, 0) is 41.1 Å². The van der Waals surface area contributed by atoms with Gasteiger partial charge >= 0.3 is 0 Å². The number of hydrogen-bond acceptors (Lipinski definition) is 4. The van der Waals surface area contributed by atoms with E-state index < -0.39 is 0 Å². The number of carbonyl (C=O) groups is 1. The predicted octanol–water partition coefficient (Wildman–Crippen LogP) is 5.19. The largest absolute Gasteiger partial charge is 0.444 e. The van der Waals surface area contributed by atoms with E-state index in [-0.39, 0.29) is 11.9 Å². The van der Waals surface area contributed by atoms with Gasteiger partial charge in [-0.25, -0.2) is 4.98 Å². The molecule has 0 radical (unpaired) electrons. The minimum Gasteiger partial charge on any atom is -0.444 e. The molecule has 5 heteroatoms. The number of rotatable bonds is 3. The van der Waals surface area contributed by atoms with E-state index in [4.69, 9.17) is 4.42 Å². The van der Waals surface area contributed by atoms with Crippen LogP contribution in [0.15, 0.2) is 83.1 Å². The first-order valence-corrected chi connectivity index (χ1v) is 10.1. The lowest BCUT2D eigenvalue weighted by molar-refractivity contribution is 0.0696. The van der Waals surface area contributed by atoms with E-state index in [2.05, 4.69) is 28.6 Å². The molecule has 1 amide bonds. The fourth-order valence-electron chi connectivity index (χ4n) is 3.83. The third-order valence-corrected chi connectivity index (χ3v) is 6.19. The molecule has 0 saturated heterocycles. The van der Waals surface area contributed by atoms with Crippen LogP contribution in [0.1, 0.15) is 32.4 Å².